The lowest BCUT2D eigenvalue weighted by molar-refractivity contribution is -0.385. The molecule has 0 fully saturated rings. The molecule has 6 heteroatoms. The van der Waals surface area contributed by atoms with Crippen LogP contribution in [0.4, 0.5) is 5.69 Å². The van der Waals surface area contributed by atoms with E-state index in [1.54, 1.807) is 7.11 Å². The molecule has 1 atom stereocenters. The highest BCUT2D eigenvalue weighted by molar-refractivity contribution is 6.20. The van der Waals surface area contributed by atoms with Crippen LogP contribution in [-0.2, 0) is 11.2 Å². The quantitative estimate of drug-likeness (QED) is 0.439. The second-order valence-corrected chi connectivity index (χ2v) is 3.64. The number of hydrogen-bond acceptors (Lipinski definition) is 4. The van der Waals surface area contributed by atoms with E-state index in [0.717, 1.165) is 0 Å². The van der Waals surface area contributed by atoms with E-state index in [0.29, 0.717) is 18.7 Å². The molecule has 0 aliphatic heterocycles. The first-order valence-corrected chi connectivity index (χ1v) is 4.79. The molecule has 0 spiro atoms. The summed E-state index contributed by atoms with van der Waals surface area (Å²) in [4.78, 5) is 14.0. The van der Waals surface area contributed by atoms with Crippen LogP contribution in [0.5, 0.6) is 0 Å². The number of rotatable bonds is 5. The van der Waals surface area contributed by atoms with Crippen LogP contribution >= 0.6 is 11.6 Å². The van der Waals surface area contributed by atoms with Crippen LogP contribution < -0.4 is 0 Å². The van der Waals surface area contributed by atoms with Crippen molar-refractivity contribution < 1.29 is 9.66 Å². The number of alkyl halides is 1. The second-order valence-electron chi connectivity index (χ2n) is 3.02. The molecule has 0 aliphatic rings. The van der Waals surface area contributed by atoms with Gasteiger partial charge in [-0.1, -0.05) is 0 Å². The maximum atomic E-state index is 10.5. The van der Waals surface area contributed by atoms with Crippen LogP contribution in [0.2, 0.25) is 0 Å². The Hall–Kier alpha value is -1.20. The topological polar surface area (TPSA) is 65.3 Å². The Balaban J connectivity index is 2.69. The molecule has 5 nitrogen and oxygen atoms in total. The first-order chi connectivity index (χ1) is 7.13. The van der Waals surface area contributed by atoms with E-state index in [1.165, 1.54) is 18.3 Å². The fraction of sp³-hybridized carbons (Fsp3) is 0.444. The van der Waals surface area contributed by atoms with Gasteiger partial charge in [0.2, 0.25) is 0 Å². The zero-order chi connectivity index (χ0) is 11.3. The van der Waals surface area contributed by atoms with Crippen molar-refractivity contribution in [2.24, 2.45) is 0 Å². The van der Waals surface area contributed by atoms with E-state index in [-0.39, 0.29) is 11.1 Å². The summed E-state index contributed by atoms with van der Waals surface area (Å²) in [6.45, 7) is 0.395. The van der Waals surface area contributed by atoms with Gasteiger partial charge in [-0.15, -0.1) is 11.6 Å². The highest BCUT2D eigenvalue weighted by atomic mass is 35.5. The van der Waals surface area contributed by atoms with Crippen LogP contribution in [0.3, 0.4) is 0 Å². The second kappa shape index (κ2) is 5.63. The number of nitrogens with zero attached hydrogens (tertiary/aromatic N) is 2. The SMILES string of the molecule is COCC(Cl)Cc1cc([N+](=O)[O-])ccn1. The number of nitro groups is 1. The number of methoxy groups -OCH3 is 1. The molecular formula is C9H11ClN2O3. The Morgan fingerprint density at radius 1 is 1.73 bits per heavy atom. The summed E-state index contributed by atoms with van der Waals surface area (Å²) in [5.74, 6) is 0. The van der Waals surface area contributed by atoms with Crippen LogP contribution in [0, 0.1) is 10.1 Å². The highest BCUT2D eigenvalue weighted by Gasteiger charge is 2.10. The number of ether oxygens (including phenoxy) is 1. The molecule has 0 radical (unpaired) electrons. The molecule has 1 aromatic rings. The Morgan fingerprint density at radius 2 is 2.47 bits per heavy atom. The minimum absolute atomic E-state index is 0.0290. The number of halogens is 1. The summed E-state index contributed by atoms with van der Waals surface area (Å²) >= 11 is 5.91. The Morgan fingerprint density at radius 3 is 3.07 bits per heavy atom. The third kappa shape index (κ3) is 3.81. The Bertz CT molecular complexity index is 346. The van der Waals surface area contributed by atoms with Gasteiger partial charge in [-0.05, 0) is 0 Å². The summed E-state index contributed by atoms with van der Waals surface area (Å²) in [5, 5.41) is 10.3. The fourth-order valence-corrected chi connectivity index (χ4v) is 1.44. The molecule has 0 aliphatic carbocycles. The van der Waals surface area contributed by atoms with Crippen molar-refractivity contribution in [1.82, 2.24) is 4.98 Å². The first kappa shape index (κ1) is 11.9. The van der Waals surface area contributed by atoms with E-state index < -0.39 is 4.92 Å². The maximum Gasteiger partial charge on any atom is 0.272 e. The van der Waals surface area contributed by atoms with Gasteiger partial charge in [0.1, 0.15) is 0 Å². The van der Waals surface area contributed by atoms with Crippen molar-refractivity contribution in [2.45, 2.75) is 11.8 Å². The molecule has 0 amide bonds. The van der Waals surface area contributed by atoms with E-state index in [9.17, 15) is 10.1 Å². The summed E-state index contributed by atoms with van der Waals surface area (Å²) in [5.41, 5.74) is 0.627. The Kier molecular flexibility index (Phi) is 4.45. The normalized spacial score (nSPS) is 12.4. The van der Waals surface area contributed by atoms with Crippen molar-refractivity contribution in [2.75, 3.05) is 13.7 Å². The van der Waals surface area contributed by atoms with Gasteiger partial charge >= 0.3 is 0 Å². The van der Waals surface area contributed by atoms with Gasteiger partial charge < -0.3 is 4.74 Å². The molecule has 1 unspecified atom stereocenters. The van der Waals surface area contributed by atoms with Gasteiger partial charge in [-0.3, -0.25) is 15.1 Å². The highest BCUT2D eigenvalue weighted by Crippen LogP contribution is 2.13. The molecule has 15 heavy (non-hydrogen) atoms. The molecule has 0 N–H and O–H groups in total. The molecule has 0 saturated heterocycles. The predicted molar refractivity (Wildman–Crippen MR) is 56.1 cm³/mol. The Labute approximate surface area is 92.2 Å². The van der Waals surface area contributed by atoms with Crippen molar-refractivity contribution in [3.8, 4) is 0 Å². The average molecular weight is 231 g/mol. The number of pyridine rings is 1. The maximum absolute atomic E-state index is 10.5. The van der Waals surface area contributed by atoms with E-state index in [1.807, 2.05) is 0 Å². The monoisotopic (exact) mass is 230 g/mol. The molecule has 0 saturated carbocycles. The smallest absolute Gasteiger partial charge is 0.272 e. The summed E-state index contributed by atoms with van der Waals surface area (Å²) in [6.07, 6.45) is 1.86. The van der Waals surface area contributed by atoms with Gasteiger partial charge in [0.05, 0.1) is 16.9 Å². The van der Waals surface area contributed by atoms with Crippen molar-refractivity contribution in [3.63, 3.8) is 0 Å². The number of hydrogen-bond donors (Lipinski definition) is 0. The van der Waals surface area contributed by atoms with Crippen LogP contribution in [0.25, 0.3) is 0 Å². The minimum atomic E-state index is -0.454. The fourth-order valence-electron chi connectivity index (χ4n) is 1.16. The van der Waals surface area contributed by atoms with Crippen LogP contribution in [0.1, 0.15) is 5.69 Å². The molecular weight excluding hydrogens is 220 g/mol. The largest absolute Gasteiger partial charge is 0.383 e. The van der Waals surface area contributed by atoms with Gasteiger partial charge in [-0.2, -0.15) is 0 Å². The van der Waals surface area contributed by atoms with Gasteiger partial charge in [-0.25, -0.2) is 0 Å². The van der Waals surface area contributed by atoms with Gasteiger partial charge in [0, 0.05) is 37.6 Å². The summed E-state index contributed by atoms with van der Waals surface area (Å²) < 4.78 is 4.86. The van der Waals surface area contributed by atoms with E-state index in [4.69, 9.17) is 16.3 Å². The molecule has 1 heterocycles. The molecule has 1 aromatic heterocycles. The zero-order valence-corrected chi connectivity index (χ0v) is 8.98. The minimum Gasteiger partial charge on any atom is -0.383 e. The third-order valence-electron chi connectivity index (χ3n) is 1.79. The lowest BCUT2D eigenvalue weighted by Gasteiger charge is -2.06. The van der Waals surface area contributed by atoms with Gasteiger partial charge in [0.25, 0.3) is 5.69 Å². The lowest BCUT2D eigenvalue weighted by Crippen LogP contribution is -2.11. The van der Waals surface area contributed by atoms with Crippen molar-refractivity contribution in [3.05, 3.63) is 34.1 Å². The summed E-state index contributed by atoms with van der Waals surface area (Å²) in [7, 11) is 1.55. The van der Waals surface area contributed by atoms with E-state index in [2.05, 4.69) is 4.98 Å². The molecule has 1 rings (SSSR count). The first-order valence-electron chi connectivity index (χ1n) is 4.36. The number of aromatic nitrogens is 1. The van der Waals surface area contributed by atoms with Crippen molar-refractivity contribution >= 4 is 17.3 Å². The average Bonchev–Trinajstić information content (AvgIpc) is 2.18. The zero-order valence-electron chi connectivity index (χ0n) is 8.22. The van der Waals surface area contributed by atoms with Crippen LogP contribution in [0.15, 0.2) is 18.3 Å². The molecule has 0 aromatic carbocycles. The third-order valence-corrected chi connectivity index (χ3v) is 2.07. The standard InChI is InChI=1S/C9H11ClN2O3/c1-15-6-7(10)4-8-5-9(12(13)14)2-3-11-8/h2-3,5,7H,4,6H2,1H3. The lowest BCUT2D eigenvalue weighted by atomic mass is 10.2. The van der Waals surface area contributed by atoms with Crippen molar-refractivity contribution in [1.29, 1.82) is 0 Å². The van der Waals surface area contributed by atoms with Gasteiger partial charge in [0.15, 0.2) is 0 Å². The predicted octanol–water partition coefficient (Wildman–Crippen LogP) is 1.79. The summed E-state index contributed by atoms with van der Waals surface area (Å²) in [6, 6.07) is 2.77. The van der Waals surface area contributed by atoms with E-state index >= 15 is 0 Å². The molecule has 82 valence electrons. The molecule has 0 bridgehead atoms. The van der Waals surface area contributed by atoms with Crippen LogP contribution in [-0.4, -0.2) is 29.0 Å².